The van der Waals surface area contributed by atoms with E-state index < -0.39 is 42.0 Å². The predicted octanol–water partition coefficient (Wildman–Crippen LogP) is -0.257. The fourth-order valence-electron chi connectivity index (χ4n) is 2.57. The van der Waals surface area contributed by atoms with Gasteiger partial charge < -0.3 is 31.7 Å². The number of nitrogens with two attached hydrogens (primary N) is 1. The average molecular weight is 395 g/mol. The molecule has 0 aromatic heterocycles. The number of nitrogens with one attached hydrogen (secondary N) is 2. The Bertz CT molecular complexity index is 677. The Hall–Kier alpha value is -2.65. The number of carboxylic acids is 1. The summed E-state index contributed by atoms with van der Waals surface area (Å²) in [6.07, 6.45) is -0.545. The van der Waals surface area contributed by atoms with E-state index in [1.165, 1.54) is 19.1 Å². The third-order valence-corrected chi connectivity index (χ3v) is 4.57. The molecule has 0 radical (unpaired) electrons. The molecule has 9 nitrogen and oxygen atoms in total. The van der Waals surface area contributed by atoms with Crippen molar-refractivity contribution in [2.75, 3.05) is 0 Å². The first kappa shape index (κ1) is 23.4. The van der Waals surface area contributed by atoms with Crippen LogP contribution in [0.3, 0.4) is 0 Å². The van der Waals surface area contributed by atoms with Gasteiger partial charge in [0.25, 0.3) is 0 Å². The molecule has 9 heteroatoms. The zero-order chi connectivity index (χ0) is 21.4. The minimum absolute atomic E-state index is 0.0985. The number of phenols is 1. The van der Waals surface area contributed by atoms with Crippen molar-refractivity contribution in [2.24, 2.45) is 11.7 Å². The normalized spacial score (nSPS) is 16.3. The van der Waals surface area contributed by atoms with Gasteiger partial charge in [-0.15, -0.1) is 0 Å². The molecule has 7 N–H and O–H groups in total. The van der Waals surface area contributed by atoms with Crippen LogP contribution in [0.1, 0.15) is 32.8 Å². The minimum Gasteiger partial charge on any atom is -0.508 e. The number of hydrogen-bond donors (Lipinski definition) is 6. The van der Waals surface area contributed by atoms with Crippen molar-refractivity contribution in [1.29, 1.82) is 0 Å². The standard InChI is InChI=1S/C19H29N3O6/c1-4-10(2)15(18(26)22-16(11(3)23)19(27)28)21-17(25)14(20)9-12-5-7-13(24)8-6-12/h5-8,10-11,14-16,23-24H,4,9,20H2,1-3H3,(H,21,25)(H,22,26)(H,27,28)/t10-,11+,14-,15-,16-/m0/s1. The largest absolute Gasteiger partial charge is 0.508 e. The second-order valence-electron chi connectivity index (χ2n) is 6.91. The van der Waals surface area contributed by atoms with Crippen molar-refractivity contribution in [3.8, 4) is 5.75 Å². The highest BCUT2D eigenvalue weighted by atomic mass is 16.4. The summed E-state index contributed by atoms with van der Waals surface area (Å²) < 4.78 is 0. The molecule has 0 saturated carbocycles. The van der Waals surface area contributed by atoms with Crippen LogP contribution in [0.25, 0.3) is 0 Å². The van der Waals surface area contributed by atoms with E-state index in [9.17, 15) is 24.6 Å². The number of carboxylic acid groups (broad SMARTS) is 1. The van der Waals surface area contributed by atoms with Gasteiger partial charge in [0, 0.05) is 0 Å². The average Bonchev–Trinajstić information content (AvgIpc) is 2.64. The Morgan fingerprint density at radius 3 is 2.04 bits per heavy atom. The van der Waals surface area contributed by atoms with Crippen LogP contribution in [-0.4, -0.2) is 57.3 Å². The fourth-order valence-corrected chi connectivity index (χ4v) is 2.57. The molecule has 0 saturated heterocycles. The van der Waals surface area contributed by atoms with Gasteiger partial charge in [-0.3, -0.25) is 9.59 Å². The molecule has 1 rings (SSSR count). The van der Waals surface area contributed by atoms with Crippen molar-refractivity contribution in [1.82, 2.24) is 10.6 Å². The molecule has 1 aromatic carbocycles. The Morgan fingerprint density at radius 2 is 1.57 bits per heavy atom. The summed E-state index contributed by atoms with van der Waals surface area (Å²) in [6, 6.07) is 2.83. The van der Waals surface area contributed by atoms with Crippen LogP contribution in [0.4, 0.5) is 0 Å². The fraction of sp³-hybridized carbons (Fsp3) is 0.526. The first-order valence-electron chi connectivity index (χ1n) is 9.11. The second-order valence-corrected chi connectivity index (χ2v) is 6.91. The molecule has 0 unspecified atom stereocenters. The van der Waals surface area contributed by atoms with Gasteiger partial charge in [-0.05, 0) is 37.0 Å². The van der Waals surface area contributed by atoms with E-state index in [-0.39, 0.29) is 18.1 Å². The van der Waals surface area contributed by atoms with E-state index in [0.29, 0.717) is 6.42 Å². The molecule has 1 aromatic rings. The van der Waals surface area contributed by atoms with Crippen molar-refractivity contribution >= 4 is 17.8 Å². The second kappa shape index (κ2) is 10.6. The molecule has 0 fully saturated rings. The van der Waals surface area contributed by atoms with Crippen LogP contribution >= 0.6 is 0 Å². The molecule has 5 atom stereocenters. The number of benzene rings is 1. The van der Waals surface area contributed by atoms with Gasteiger partial charge in [0.05, 0.1) is 12.1 Å². The lowest BCUT2D eigenvalue weighted by atomic mass is 9.96. The number of amides is 2. The van der Waals surface area contributed by atoms with Crippen LogP contribution in [0.5, 0.6) is 5.75 Å². The SMILES string of the molecule is CC[C@H](C)[C@H](NC(=O)[C@@H](N)Cc1ccc(O)cc1)C(=O)N[C@H](C(=O)O)[C@@H](C)O. The molecular weight excluding hydrogens is 366 g/mol. The van der Waals surface area contributed by atoms with Crippen LogP contribution in [0.15, 0.2) is 24.3 Å². The van der Waals surface area contributed by atoms with Crippen LogP contribution < -0.4 is 16.4 Å². The monoisotopic (exact) mass is 395 g/mol. The van der Waals surface area contributed by atoms with Crippen LogP contribution in [-0.2, 0) is 20.8 Å². The quantitative estimate of drug-likeness (QED) is 0.318. The zero-order valence-electron chi connectivity index (χ0n) is 16.3. The van der Waals surface area contributed by atoms with Gasteiger partial charge >= 0.3 is 5.97 Å². The number of carbonyl (C=O) groups is 3. The number of phenolic OH excluding ortho intramolecular Hbond substituents is 1. The van der Waals surface area contributed by atoms with Gasteiger partial charge in [0.2, 0.25) is 11.8 Å². The molecule has 0 aliphatic carbocycles. The summed E-state index contributed by atoms with van der Waals surface area (Å²) in [5.74, 6) is -2.82. The number of aromatic hydroxyl groups is 1. The minimum atomic E-state index is -1.48. The molecule has 0 aliphatic heterocycles. The van der Waals surface area contributed by atoms with Crippen molar-refractivity contribution < 1.29 is 29.7 Å². The number of aliphatic hydroxyl groups excluding tert-OH is 1. The van der Waals surface area contributed by atoms with E-state index in [4.69, 9.17) is 10.8 Å². The molecule has 0 spiro atoms. The van der Waals surface area contributed by atoms with Crippen LogP contribution in [0, 0.1) is 5.92 Å². The smallest absolute Gasteiger partial charge is 0.328 e. The summed E-state index contributed by atoms with van der Waals surface area (Å²) in [4.78, 5) is 36.2. The Labute approximate surface area is 163 Å². The summed E-state index contributed by atoms with van der Waals surface area (Å²) in [5, 5.41) is 32.8. The highest BCUT2D eigenvalue weighted by Crippen LogP contribution is 2.12. The Kier molecular flexibility index (Phi) is 8.87. The molecule has 0 heterocycles. The third-order valence-electron chi connectivity index (χ3n) is 4.57. The molecule has 0 bridgehead atoms. The van der Waals surface area contributed by atoms with E-state index in [1.54, 1.807) is 19.1 Å². The van der Waals surface area contributed by atoms with Gasteiger partial charge in [0.15, 0.2) is 6.04 Å². The maximum Gasteiger partial charge on any atom is 0.328 e. The van der Waals surface area contributed by atoms with E-state index >= 15 is 0 Å². The maximum absolute atomic E-state index is 12.5. The third kappa shape index (κ3) is 6.82. The molecule has 28 heavy (non-hydrogen) atoms. The number of aliphatic carboxylic acids is 1. The first-order chi connectivity index (χ1) is 13.1. The number of rotatable bonds is 10. The molecule has 156 valence electrons. The lowest BCUT2D eigenvalue weighted by Crippen LogP contribution is -2.58. The lowest BCUT2D eigenvalue weighted by Gasteiger charge is -2.27. The summed E-state index contributed by atoms with van der Waals surface area (Å²) in [6.45, 7) is 4.83. The van der Waals surface area contributed by atoms with Crippen LogP contribution in [0.2, 0.25) is 0 Å². The highest BCUT2D eigenvalue weighted by molar-refractivity contribution is 5.92. The molecule has 0 aliphatic rings. The lowest BCUT2D eigenvalue weighted by molar-refractivity contribution is -0.145. The number of aliphatic hydroxyl groups is 1. The van der Waals surface area contributed by atoms with E-state index in [0.717, 1.165) is 5.56 Å². The summed E-state index contributed by atoms with van der Waals surface area (Å²) in [7, 11) is 0. The van der Waals surface area contributed by atoms with Gasteiger partial charge in [-0.2, -0.15) is 0 Å². The topological polar surface area (TPSA) is 162 Å². The van der Waals surface area contributed by atoms with Gasteiger partial charge in [-0.1, -0.05) is 32.4 Å². The van der Waals surface area contributed by atoms with E-state index in [2.05, 4.69) is 10.6 Å². The molecule has 2 amide bonds. The Balaban J connectivity index is 2.83. The van der Waals surface area contributed by atoms with E-state index in [1.807, 2.05) is 6.92 Å². The zero-order valence-corrected chi connectivity index (χ0v) is 16.3. The van der Waals surface area contributed by atoms with Crippen molar-refractivity contribution in [3.05, 3.63) is 29.8 Å². The van der Waals surface area contributed by atoms with Gasteiger partial charge in [-0.25, -0.2) is 4.79 Å². The van der Waals surface area contributed by atoms with Crippen molar-refractivity contribution in [2.45, 2.75) is 57.8 Å². The summed E-state index contributed by atoms with van der Waals surface area (Å²) >= 11 is 0. The molecular formula is C19H29N3O6. The predicted molar refractivity (Wildman–Crippen MR) is 102 cm³/mol. The number of hydrogen-bond acceptors (Lipinski definition) is 6. The van der Waals surface area contributed by atoms with Crippen molar-refractivity contribution in [3.63, 3.8) is 0 Å². The highest BCUT2D eigenvalue weighted by Gasteiger charge is 2.32. The number of carbonyl (C=O) groups excluding carboxylic acids is 2. The van der Waals surface area contributed by atoms with Gasteiger partial charge in [0.1, 0.15) is 11.8 Å². The summed E-state index contributed by atoms with van der Waals surface area (Å²) in [5.41, 5.74) is 6.68. The Morgan fingerprint density at radius 1 is 1.04 bits per heavy atom. The maximum atomic E-state index is 12.5. The first-order valence-corrected chi connectivity index (χ1v) is 9.11.